The Morgan fingerprint density at radius 1 is 0.920 bits per heavy atom. The van der Waals surface area contributed by atoms with E-state index in [1.165, 1.54) is 6.07 Å². The van der Waals surface area contributed by atoms with E-state index in [2.05, 4.69) is 4.57 Å². The minimum Gasteiger partial charge on any atom is -0.317 e. The highest BCUT2D eigenvalue weighted by Crippen LogP contribution is 2.32. The van der Waals surface area contributed by atoms with Crippen molar-refractivity contribution in [3.05, 3.63) is 89.1 Å². The summed E-state index contributed by atoms with van der Waals surface area (Å²) >= 11 is 0. The highest BCUT2D eigenvalue weighted by Gasteiger charge is 2.16. The van der Waals surface area contributed by atoms with Crippen molar-refractivity contribution in [1.29, 1.82) is 0 Å². The number of hydrogen-bond donors (Lipinski definition) is 0. The lowest BCUT2D eigenvalue weighted by molar-refractivity contribution is -0.384. The number of nitrogens with zero attached hydrogens (tertiary/aromatic N) is 2. The summed E-state index contributed by atoms with van der Waals surface area (Å²) < 4.78 is 2.07. The van der Waals surface area contributed by atoms with E-state index in [-0.39, 0.29) is 10.6 Å². The molecule has 0 aliphatic rings. The van der Waals surface area contributed by atoms with Crippen LogP contribution in [-0.4, -0.2) is 17.3 Å². The molecule has 1 heterocycles. The van der Waals surface area contributed by atoms with Gasteiger partial charge in [-0.15, -0.1) is 0 Å². The van der Waals surface area contributed by atoms with Gasteiger partial charge >= 0.3 is 0 Å². The standard InChI is InChI=1S/C20H13BN2O2/c21-16-8-9-19(23(24)25)18(13-16)15-7-6-14-10-11-22(20(14)12-15)17-4-2-1-3-5-17/h1-13H. The van der Waals surface area contributed by atoms with Crippen LogP contribution in [0.4, 0.5) is 5.69 Å². The normalized spacial score (nSPS) is 10.9. The van der Waals surface area contributed by atoms with E-state index in [1.54, 1.807) is 12.1 Å². The third-order valence-corrected chi connectivity index (χ3v) is 4.26. The highest BCUT2D eigenvalue weighted by atomic mass is 16.6. The van der Waals surface area contributed by atoms with E-state index < -0.39 is 0 Å². The van der Waals surface area contributed by atoms with Gasteiger partial charge in [-0.3, -0.25) is 10.1 Å². The third kappa shape index (κ3) is 2.70. The zero-order valence-corrected chi connectivity index (χ0v) is 13.3. The number of para-hydroxylation sites is 1. The number of rotatable bonds is 3. The monoisotopic (exact) mass is 324 g/mol. The Labute approximate surface area is 145 Å². The van der Waals surface area contributed by atoms with Crippen LogP contribution in [-0.2, 0) is 0 Å². The Kier molecular flexibility index (Phi) is 3.62. The summed E-state index contributed by atoms with van der Waals surface area (Å²) in [6.45, 7) is 0. The Morgan fingerprint density at radius 3 is 2.48 bits per heavy atom. The van der Waals surface area contributed by atoms with Crippen LogP contribution in [0.1, 0.15) is 0 Å². The van der Waals surface area contributed by atoms with Crippen LogP contribution in [0.15, 0.2) is 79.0 Å². The van der Waals surface area contributed by atoms with Crippen molar-refractivity contribution in [2.45, 2.75) is 0 Å². The van der Waals surface area contributed by atoms with Gasteiger partial charge in [0, 0.05) is 18.0 Å². The quantitative estimate of drug-likeness (QED) is 0.325. The molecule has 1 aromatic heterocycles. The van der Waals surface area contributed by atoms with Gasteiger partial charge in [-0.2, -0.15) is 0 Å². The van der Waals surface area contributed by atoms with Crippen LogP contribution in [0.5, 0.6) is 0 Å². The van der Waals surface area contributed by atoms with Crippen molar-refractivity contribution in [3.63, 3.8) is 0 Å². The number of benzene rings is 3. The average Bonchev–Trinajstić information content (AvgIpc) is 3.05. The molecule has 0 saturated heterocycles. The summed E-state index contributed by atoms with van der Waals surface area (Å²) in [6.07, 6.45) is 2.00. The molecule has 0 aliphatic carbocycles. The Balaban J connectivity index is 1.93. The molecule has 0 spiro atoms. The molecule has 4 aromatic rings. The molecule has 25 heavy (non-hydrogen) atoms. The number of fused-ring (bicyclic) bond motifs is 1. The van der Waals surface area contributed by atoms with Crippen molar-refractivity contribution in [3.8, 4) is 16.8 Å². The minimum absolute atomic E-state index is 0.0476. The van der Waals surface area contributed by atoms with Gasteiger partial charge in [0.25, 0.3) is 5.69 Å². The smallest absolute Gasteiger partial charge is 0.277 e. The Bertz CT molecular complexity index is 1090. The molecule has 0 fully saturated rings. The molecule has 5 heteroatoms. The fourth-order valence-electron chi connectivity index (χ4n) is 3.05. The van der Waals surface area contributed by atoms with E-state index in [0.29, 0.717) is 11.0 Å². The fourth-order valence-corrected chi connectivity index (χ4v) is 3.05. The second kappa shape index (κ2) is 5.94. The van der Waals surface area contributed by atoms with Gasteiger partial charge in [0.15, 0.2) is 0 Å². The van der Waals surface area contributed by atoms with Crippen LogP contribution in [0, 0.1) is 10.1 Å². The molecule has 118 valence electrons. The lowest BCUT2D eigenvalue weighted by atomic mass is 9.91. The Hall–Kier alpha value is -3.34. The van der Waals surface area contributed by atoms with E-state index in [4.69, 9.17) is 7.85 Å². The van der Waals surface area contributed by atoms with Gasteiger partial charge < -0.3 is 4.57 Å². The molecular formula is C20H13BN2O2. The Morgan fingerprint density at radius 2 is 1.72 bits per heavy atom. The van der Waals surface area contributed by atoms with Crippen LogP contribution in [0.2, 0.25) is 0 Å². The summed E-state index contributed by atoms with van der Waals surface area (Å²) in [5, 5.41) is 12.4. The van der Waals surface area contributed by atoms with E-state index in [1.807, 2.05) is 60.8 Å². The lowest BCUT2D eigenvalue weighted by Crippen LogP contribution is -2.04. The van der Waals surface area contributed by atoms with E-state index in [9.17, 15) is 10.1 Å². The van der Waals surface area contributed by atoms with E-state index in [0.717, 1.165) is 22.2 Å². The van der Waals surface area contributed by atoms with Crippen molar-refractivity contribution >= 4 is 29.9 Å². The first-order valence-electron chi connectivity index (χ1n) is 7.84. The minimum atomic E-state index is -0.380. The largest absolute Gasteiger partial charge is 0.317 e. The molecule has 0 bridgehead atoms. The summed E-state index contributed by atoms with van der Waals surface area (Å²) in [4.78, 5) is 11.0. The molecule has 0 saturated carbocycles. The zero-order valence-electron chi connectivity index (χ0n) is 13.3. The van der Waals surface area contributed by atoms with Crippen LogP contribution in [0.3, 0.4) is 0 Å². The first-order chi connectivity index (χ1) is 12.1. The number of nitro benzene ring substituents is 1. The van der Waals surface area contributed by atoms with Gasteiger partial charge in [-0.05, 0) is 35.2 Å². The molecule has 0 amide bonds. The van der Waals surface area contributed by atoms with Crippen LogP contribution < -0.4 is 5.46 Å². The second-order valence-corrected chi connectivity index (χ2v) is 5.83. The zero-order chi connectivity index (χ0) is 17.4. The van der Waals surface area contributed by atoms with Crippen molar-refractivity contribution in [2.75, 3.05) is 0 Å². The lowest BCUT2D eigenvalue weighted by Gasteiger charge is -2.08. The fraction of sp³-hybridized carbons (Fsp3) is 0. The molecular weight excluding hydrogens is 311 g/mol. The topological polar surface area (TPSA) is 48.1 Å². The number of nitro groups is 1. The maximum atomic E-state index is 11.4. The average molecular weight is 324 g/mol. The molecule has 0 aliphatic heterocycles. The second-order valence-electron chi connectivity index (χ2n) is 5.83. The molecule has 4 rings (SSSR count). The van der Waals surface area contributed by atoms with Crippen molar-refractivity contribution < 1.29 is 4.92 Å². The number of hydrogen-bond acceptors (Lipinski definition) is 2. The van der Waals surface area contributed by atoms with Gasteiger partial charge in [0.2, 0.25) is 0 Å². The molecule has 3 aromatic carbocycles. The van der Waals surface area contributed by atoms with Crippen molar-refractivity contribution in [1.82, 2.24) is 4.57 Å². The SMILES string of the molecule is [B]c1ccc([N+](=O)[O-])c(-c2ccc3ccn(-c4ccccc4)c3c2)c1. The first-order valence-corrected chi connectivity index (χ1v) is 7.84. The summed E-state index contributed by atoms with van der Waals surface area (Å²) in [7, 11) is 5.85. The molecule has 0 atom stereocenters. The van der Waals surface area contributed by atoms with Gasteiger partial charge in [0.05, 0.1) is 16.0 Å². The highest BCUT2D eigenvalue weighted by molar-refractivity contribution is 6.32. The van der Waals surface area contributed by atoms with E-state index >= 15 is 0 Å². The maximum Gasteiger partial charge on any atom is 0.277 e. The molecule has 4 nitrogen and oxygen atoms in total. The summed E-state index contributed by atoms with van der Waals surface area (Å²) in [6, 6.07) is 22.5. The predicted molar refractivity (Wildman–Crippen MR) is 101 cm³/mol. The van der Waals surface area contributed by atoms with Gasteiger partial charge in [-0.1, -0.05) is 47.9 Å². The van der Waals surface area contributed by atoms with Crippen molar-refractivity contribution in [2.24, 2.45) is 0 Å². The van der Waals surface area contributed by atoms with Gasteiger partial charge in [0.1, 0.15) is 7.85 Å². The first kappa shape index (κ1) is 15.2. The third-order valence-electron chi connectivity index (χ3n) is 4.26. The number of aromatic nitrogens is 1. The molecule has 2 radical (unpaired) electrons. The predicted octanol–water partition coefficient (Wildman–Crippen LogP) is 4.00. The summed E-state index contributed by atoms with van der Waals surface area (Å²) in [5.41, 5.74) is 3.86. The summed E-state index contributed by atoms with van der Waals surface area (Å²) in [5.74, 6) is 0. The maximum absolute atomic E-state index is 11.4. The van der Waals surface area contributed by atoms with Crippen LogP contribution >= 0.6 is 0 Å². The van der Waals surface area contributed by atoms with Crippen LogP contribution in [0.25, 0.3) is 27.7 Å². The molecule has 0 N–H and O–H groups in total. The molecule has 0 unspecified atom stereocenters. The van der Waals surface area contributed by atoms with Gasteiger partial charge in [-0.25, -0.2) is 0 Å².